The third-order valence-corrected chi connectivity index (χ3v) is 19.6. The number of aliphatic hydroxyl groups is 4. The van der Waals surface area contributed by atoms with Crippen LogP contribution >= 0.6 is 0 Å². The Morgan fingerprint density at radius 3 is 1.27 bits per heavy atom. The first-order valence-corrected chi connectivity index (χ1v) is 26.2. The van der Waals surface area contributed by atoms with Gasteiger partial charge < -0.3 is 67.8 Å². The number of carbonyl (C=O) groups is 10. The predicted molar refractivity (Wildman–Crippen MR) is 257 cm³/mol. The zero-order chi connectivity index (χ0) is 57.8. The van der Waals surface area contributed by atoms with Gasteiger partial charge in [-0.05, 0) is 88.2 Å². The molecule has 24 nitrogen and oxygen atoms in total. The molecule has 0 amide bonds. The average Bonchev–Trinajstić information content (AvgIpc) is 3.95. The molecular weight excluding hydrogens is 1040 g/mol. The van der Waals surface area contributed by atoms with Crippen LogP contribution in [0.2, 0.25) is 0 Å². The number of Topliss-reactive ketones (excluding diaryl/α,β-unsaturated/α-hetero) is 2. The Morgan fingerprint density at radius 1 is 0.582 bits per heavy atom. The lowest BCUT2D eigenvalue weighted by Crippen LogP contribution is -2.79. The van der Waals surface area contributed by atoms with Crippen molar-refractivity contribution in [1.82, 2.24) is 0 Å². The van der Waals surface area contributed by atoms with E-state index in [4.69, 9.17) is 47.4 Å². The molecule has 4 heterocycles. The van der Waals surface area contributed by atoms with E-state index in [1.807, 2.05) is 0 Å². The lowest BCUT2D eigenvalue weighted by Gasteiger charge is -2.67. The van der Waals surface area contributed by atoms with E-state index in [0.29, 0.717) is 11.1 Å². The van der Waals surface area contributed by atoms with E-state index in [9.17, 15) is 68.4 Å². The molecule has 0 radical (unpaired) electrons. The molecule has 79 heavy (non-hydrogen) atoms. The first-order valence-electron chi connectivity index (χ1n) is 26.2. The van der Waals surface area contributed by atoms with Crippen LogP contribution in [0, 0.1) is 57.2 Å². The molecule has 4 aliphatic heterocycles. The minimum absolute atomic E-state index is 0.0900. The van der Waals surface area contributed by atoms with Crippen molar-refractivity contribution in [2.24, 2.45) is 57.2 Å². The minimum atomic E-state index is -2.41. The highest BCUT2D eigenvalue weighted by atomic mass is 16.6. The number of carbonyl (C=O) groups excluding carboxylic acids is 10. The fourth-order valence-corrected chi connectivity index (χ4v) is 17.2. The molecule has 4 saturated carbocycles. The van der Waals surface area contributed by atoms with Crippen molar-refractivity contribution in [1.29, 1.82) is 0 Å². The van der Waals surface area contributed by atoms with Gasteiger partial charge in [-0.3, -0.25) is 19.2 Å². The first kappa shape index (κ1) is 56.1. The normalized spacial score (nSPS) is 43.8. The Morgan fingerprint density at radius 2 is 0.937 bits per heavy atom. The molecule has 0 unspecified atom stereocenters. The zero-order valence-electron chi connectivity index (χ0n) is 45.1. The van der Waals surface area contributed by atoms with Gasteiger partial charge in [0.15, 0.2) is 23.1 Å². The molecule has 20 atom stereocenters. The van der Waals surface area contributed by atoms with E-state index in [0.717, 1.165) is 26.4 Å². The fraction of sp³-hybridized carbons (Fsp3) is 0.673. The van der Waals surface area contributed by atoms with Crippen LogP contribution in [0.3, 0.4) is 0 Å². The summed E-state index contributed by atoms with van der Waals surface area (Å²) in [6, 6.07) is 0. The monoisotopic (exact) mass is 1110 g/mol. The molecule has 8 fully saturated rings. The van der Waals surface area contributed by atoms with E-state index in [1.54, 1.807) is 41.5 Å². The maximum Gasteiger partial charge on any atom is 0.348 e. The lowest BCUT2D eigenvalue weighted by atomic mass is 9.38. The van der Waals surface area contributed by atoms with Crippen LogP contribution in [-0.2, 0) is 95.3 Å². The predicted octanol–water partition coefficient (Wildman–Crippen LogP) is 0.408. The van der Waals surface area contributed by atoms with Gasteiger partial charge in [0.1, 0.15) is 30.8 Å². The van der Waals surface area contributed by atoms with Gasteiger partial charge in [0, 0.05) is 47.7 Å². The molecule has 6 aliphatic carbocycles. The van der Waals surface area contributed by atoms with Gasteiger partial charge >= 0.3 is 47.8 Å². The number of aliphatic hydroxyl groups excluding tert-OH is 4. The number of hydrogen-bond acceptors (Lipinski definition) is 24. The van der Waals surface area contributed by atoms with Crippen LogP contribution < -0.4 is 0 Å². The summed E-state index contributed by atoms with van der Waals surface area (Å²) < 4.78 is 57.2. The maximum atomic E-state index is 14.4. The molecule has 10 aliphatic rings. The molecule has 428 valence electrons. The standard InChI is InChI=1S/C55H64O24/c1-20(2)11-30(58)78-38-42-52-18-72-54(42,48(68)70-9)44(64)34(62)40(52)50(7)16-26(56)36(22(5)24(50)13-28(52)74-46(38)66)76-32(60)15-33(61)77-37-23(6)25-14-29-53-19-73-55(49(69)71-10,45(65)35(63)41(53)51(25,8)17-27(37)57)43(53)39(47(67)75-29)79-31(59)12-21(3)4/h11-12,24-25,28-29,34-35,38-45,62-65H,13-19H2,1-10H3/t24-,25-,28+,29+,34+,35+,38+,39+,40+,41+,42+,43+,44-,45-,50-,51-,52+,53+,54-,55-/m0/s1. The molecule has 4 N–H and O–H groups in total. The van der Waals surface area contributed by atoms with Crippen LogP contribution in [0.1, 0.15) is 87.5 Å². The quantitative estimate of drug-likeness (QED) is 0.0996. The number of allylic oxidation sites excluding steroid dienone is 6. The highest BCUT2D eigenvalue weighted by Crippen LogP contribution is 2.75. The number of esters is 8. The van der Waals surface area contributed by atoms with E-state index in [1.165, 1.54) is 13.8 Å². The van der Waals surface area contributed by atoms with Crippen molar-refractivity contribution >= 4 is 59.3 Å². The molecule has 24 heteroatoms. The van der Waals surface area contributed by atoms with E-state index in [2.05, 4.69) is 0 Å². The van der Waals surface area contributed by atoms with Crippen LogP contribution in [-0.4, -0.2) is 167 Å². The van der Waals surface area contributed by atoms with E-state index < -0.39 is 221 Å². The second kappa shape index (κ2) is 18.7. The molecule has 0 aromatic rings. The summed E-state index contributed by atoms with van der Waals surface area (Å²) in [5.41, 5.74) is -9.23. The van der Waals surface area contributed by atoms with Crippen molar-refractivity contribution in [3.8, 4) is 0 Å². The second-order valence-corrected chi connectivity index (χ2v) is 24.1. The SMILES string of the molecule is COC(=O)[C@@]12OC[C@]34[C@H]([C@@H](O)[C@@H]1O)[C@@]1(C)CC(=O)C(OC(=O)CC(=O)OC5=C(C)[C@@H]6C[C@H]7OC(=O)[C@H](OC(=O)C=C(C)C)[C@H]8[C@]9(C(=O)OC)OC[C@]78[C@H]([C@@H](O)[C@@H]9O)[C@@]6(C)CC5=O)=C(C)[C@@H]1C[C@H]3OC(=O)[C@H](OC(=O)C=C(C)C)[C@@H]24. The zero-order valence-corrected chi connectivity index (χ0v) is 45.1. The topological polar surface area (TPSA) is 344 Å². The van der Waals surface area contributed by atoms with Crippen molar-refractivity contribution in [2.75, 3.05) is 27.4 Å². The Bertz CT molecular complexity index is 2730. The highest BCUT2D eigenvalue weighted by Gasteiger charge is 2.87. The average molecular weight is 1110 g/mol. The molecule has 0 aromatic carbocycles. The molecule has 0 aromatic heterocycles. The molecule has 10 rings (SSSR count). The first-order chi connectivity index (χ1) is 37.0. The number of ketones is 2. The van der Waals surface area contributed by atoms with Gasteiger partial charge in [0.05, 0.1) is 51.5 Å². The van der Waals surface area contributed by atoms with Crippen LogP contribution in [0.25, 0.3) is 0 Å². The summed E-state index contributed by atoms with van der Waals surface area (Å²) in [4.78, 5) is 138. The molecule has 4 bridgehead atoms. The van der Waals surface area contributed by atoms with Crippen molar-refractivity contribution in [3.05, 3.63) is 46.0 Å². The van der Waals surface area contributed by atoms with Crippen LogP contribution in [0.15, 0.2) is 46.0 Å². The second-order valence-electron chi connectivity index (χ2n) is 24.1. The van der Waals surface area contributed by atoms with Crippen molar-refractivity contribution in [3.63, 3.8) is 0 Å². The summed E-state index contributed by atoms with van der Waals surface area (Å²) in [7, 11) is 2.05. The van der Waals surface area contributed by atoms with Crippen LogP contribution in [0.5, 0.6) is 0 Å². The van der Waals surface area contributed by atoms with Gasteiger partial charge in [0.25, 0.3) is 0 Å². The Hall–Kier alpha value is -6.18. The summed E-state index contributed by atoms with van der Waals surface area (Å²) in [6.07, 6.45) is -13.8. The van der Waals surface area contributed by atoms with Crippen molar-refractivity contribution in [2.45, 2.75) is 148 Å². The Labute approximate surface area is 452 Å². The summed E-state index contributed by atoms with van der Waals surface area (Å²) >= 11 is 0. The van der Waals surface area contributed by atoms with E-state index in [-0.39, 0.29) is 24.0 Å². The van der Waals surface area contributed by atoms with Crippen molar-refractivity contribution < 1.29 is 116 Å². The van der Waals surface area contributed by atoms with Gasteiger partial charge in [0.2, 0.25) is 23.4 Å². The van der Waals surface area contributed by atoms with Gasteiger partial charge in [-0.25, -0.2) is 28.8 Å². The summed E-state index contributed by atoms with van der Waals surface area (Å²) in [6.45, 7) is 12.0. The lowest BCUT2D eigenvalue weighted by molar-refractivity contribution is -0.290. The summed E-state index contributed by atoms with van der Waals surface area (Å²) in [5, 5.41) is 48.3. The maximum absolute atomic E-state index is 14.4. The van der Waals surface area contributed by atoms with Gasteiger partial charge in [-0.15, -0.1) is 0 Å². The molecule has 2 spiro atoms. The summed E-state index contributed by atoms with van der Waals surface area (Å²) in [5.74, 6) is -18.2. The van der Waals surface area contributed by atoms with Gasteiger partial charge in [-0.2, -0.15) is 0 Å². The number of hydrogen-bond donors (Lipinski definition) is 4. The Balaban J connectivity index is 0.908. The highest BCUT2D eigenvalue weighted by molar-refractivity contribution is 6.02. The molecule has 4 saturated heterocycles. The smallest absolute Gasteiger partial charge is 0.348 e. The third-order valence-electron chi connectivity index (χ3n) is 19.6. The fourth-order valence-electron chi connectivity index (χ4n) is 17.2. The third kappa shape index (κ3) is 7.38. The number of methoxy groups -OCH3 is 2. The number of ether oxygens (including phenoxy) is 10. The minimum Gasteiger partial charge on any atom is -0.467 e. The van der Waals surface area contributed by atoms with Crippen LogP contribution in [0.4, 0.5) is 0 Å². The largest absolute Gasteiger partial charge is 0.467 e. The van der Waals surface area contributed by atoms with E-state index >= 15 is 0 Å². The van der Waals surface area contributed by atoms with Gasteiger partial charge in [-0.1, -0.05) is 25.0 Å². The molecular formula is C55H64O24. The number of fused-ring (bicyclic) bond motifs is 4. The Kier molecular flexibility index (Phi) is 13.3. The number of rotatable bonds is 10.